The zero-order valence-electron chi connectivity index (χ0n) is 17.4. The Kier molecular flexibility index (Phi) is 7.01. The third-order valence-corrected chi connectivity index (χ3v) is 9.06. The van der Waals surface area contributed by atoms with E-state index in [0.29, 0.717) is 30.3 Å². The Morgan fingerprint density at radius 1 is 1.17 bits per heavy atom. The lowest BCUT2D eigenvalue weighted by Gasteiger charge is -2.27. The van der Waals surface area contributed by atoms with Crippen molar-refractivity contribution in [1.29, 1.82) is 5.26 Å². The van der Waals surface area contributed by atoms with Crippen molar-refractivity contribution >= 4 is 27.0 Å². The summed E-state index contributed by atoms with van der Waals surface area (Å²) in [6.07, 6.45) is 4.67. The molecular weight excluding hydrogens is 396 g/mol. The first-order valence-corrected chi connectivity index (χ1v) is 12.6. The average molecular weight is 427 g/mol. The molecule has 0 spiro atoms. The summed E-state index contributed by atoms with van der Waals surface area (Å²) in [5.74, 6) is 1.58. The predicted molar refractivity (Wildman–Crippen MR) is 119 cm³/mol. The van der Waals surface area contributed by atoms with Crippen molar-refractivity contribution in [2.45, 2.75) is 32.1 Å². The van der Waals surface area contributed by atoms with Crippen LogP contribution in [0.4, 0.5) is 0 Å². The minimum atomic E-state index is -0.403. The van der Waals surface area contributed by atoms with Gasteiger partial charge in [-0.25, -0.2) is 0 Å². The van der Waals surface area contributed by atoms with E-state index in [9.17, 15) is 14.9 Å². The summed E-state index contributed by atoms with van der Waals surface area (Å²) in [5.41, 5.74) is 1.07. The van der Waals surface area contributed by atoms with Gasteiger partial charge in [0.25, 0.3) is 0 Å². The number of Topliss-reactive ketones (excluding diaryl/α,β-unsaturated/α-hetero) is 1. The van der Waals surface area contributed by atoms with Gasteiger partial charge in [0.15, 0.2) is 5.78 Å². The monoisotopic (exact) mass is 426 g/mol. The molecule has 0 unspecified atom stereocenters. The molecule has 0 aromatic heterocycles. The normalized spacial score (nSPS) is 25.4. The van der Waals surface area contributed by atoms with E-state index in [-0.39, 0.29) is 28.1 Å². The summed E-state index contributed by atoms with van der Waals surface area (Å²) in [6, 6.07) is 12.2. The first-order valence-electron chi connectivity index (χ1n) is 11.1. The molecule has 4 rings (SSSR count). The molecule has 0 aliphatic carbocycles. The zero-order chi connectivity index (χ0) is 20.9. The Balaban J connectivity index is 1.57. The Labute approximate surface area is 181 Å². The second kappa shape index (κ2) is 9.89. The van der Waals surface area contributed by atoms with E-state index in [2.05, 4.69) is 6.07 Å². The van der Waals surface area contributed by atoms with Crippen LogP contribution < -0.4 is 0 Å². The van der Waals surface area contributed by atoms with Crippen LogP contribution in [-0.2, 0) is 20.7 Å². The number of ketones is 1. The Morgan fingerprint density at radius 2 is 1.87 bits per heavy atom. The van der Waals surface area contributed by atoms with E-state index < -0.39 is 5.92 Å². The maximum absolute atomic E-state index is 13.5. The van der Waals surface area contributed by atoms with Crippen LogP contribution in [0.1, 0.15) is 31.2 Å². The van der Waals surface area contributed by atoms with Crippen molar-refractivity contribution in [1.82, 2.24) is 4.90 Å². The van der Waals surface area contributed by atoms with Gasteiger partial charge in [-0.2, -0.15) is 15.7 Å². The fourth-order valence-electron chi connectivity index (χ4n) is 4.92. The molecule has 30 heavy (non-hydrogen) atoms. The van der Waals surface area contributed by atoms with E-state index in [0.717, 1.165) is 56.0 Å². The van der Waals surface area contributed by atoms with Crippen LogP contribution in [0, 0.1) is 29.1 Å². The lowest BCUT2D eigenvalue weighted by molar-refractivity contribution is -0.132. The number of benzene rings is 1. The van der Waals surface area contributed by atoms with E-state index in [4.69, 9.17) is 4.74 Å². The number of likely N-dealkylation sites (tertiary alicyclic amines) is 1. The predicted octanol–water partition coefficient (Wildman–Crippen LogP) is 3.06. The first-order chi connectivity index (χ1) is 14.7. The Bertz CT molecular complexity index is 847. The zero-order valence-corrected chi connectivity index (χ0v) is 18.2. The number of nitriles is 1. The minimum absolute atomic E-state index is 0.0634. The molecule has 0 bridgehead atoms. The van der Waals surface area contributed by atoms with Crippen LogP contribution in [0.5, 0.6) is 0 Å². The van der Waals surface area contributed by atoms with Gasteiger partial charge in [0, 0.05) is 26.3 Å². The van der Waals surface area contributed by atoms with Gasteiger partial charge in [0.05, 0.1) is 11.8 Å². The fraction of sp³-hybridized carbons (Fsp3) is 0.583. The summed E-state index contributed by atoms with van der Waals surface area (Å²) >= 11 is 0. The van der Waals surface area contributed by atoms with Gasteiger partial charge in [0.2, 0.25) is 5.91 Å². The van der Waals surface area contributed by atoms with Gasteiger partial charge in [-0.15, -0.1) is 0 Å². The van der Waals surface area contributed by atoms with Crippen LogP contribution in [0.3, 0.4) is 0 Å². The molecule has 5 nitrogen and oxygen atoms in total. The molecule has 1 amide bonds. The van der Waals surface area contributed by atoms with Crippen LogP contribution in [-0.4, -0.2) is 59.3 Å². The second-order valence-electron chi connectivity index (χ2n) is 8.62. The lowest BCUT2D eigenvalue weighted by atomic mass is 9.85. The van der Waals surface area contributed by atoms with Gasteiger partial charge < -0.3 is 9.64 Å². The standard InChI is InChI=1S/C24H30N2O3S/c25-15-22(30-12-4-5-13-30)23(27)21-17-26(16-19-8-10-29-11-9-19)24(28)20(21)14-18-6-2-1-3-7-18/h1-3,6-7,19-21H,4-5,8-14,16-17H2/t20-,21+/m1/s1. The largest absolute Gasteiger partial charge is 0.381 e. The Morgan fingerprint density at radius 3 is 2.53 bits per heavy atom. The molecular formula is C24H30N2O3S. The third-order valence-electron chi connectivity index (χ3n) is 6.63. The summed E-state index contributed by atoms with van der Waals surface area (Å²) in [4.78, 5) is 29.2. The highest BCUT2D eigenvalue weighted by molar-refractivity contribution is 8.17. The number of ether oxygens (including phenoxy) is 1. The van der Waals surface area contributed by atoms with Crippen molar-refractivity contribution in [3.8, 4) is 6.07 Å². The molecule has 3 heterocycles. The van der Waals surface area contributed by atoms with Gasteiger partial charge in [-0.05, 0) is 55.1 Å². The van der Waals surface area contributed by atoms with Crippen molar-refractivity contribution < 1.29 is 14.3 Å². The van der Waals surface area contributed by atoms with E-state index in [1.165, 1.54) is 0 Å². The van der Waals surface area contributed by atoms with Crippen molar-refractivity contribution in [3.05, 3.63) is 35.9 Å². The number of rotatable bonds is 6. The number of nitrogens with zero attached hydrogens (tertiary/aromatic N) is 2. The second-order valence-corrected chi connectivity index (χ2v) is 10.8. The van der Waals surface area contributed by atoms with Crippen LogP contribution >= 0.6 is 10.5 Å². The molecule has 2 atom stereocenters. The molecule has 160 valence electrons. The van der Waals surface area contributed by atoms with Crippen molar-refractivity contribution in [2.24, 2.45) is 17.8 Å². The minimum Gasteiger partial charge on any atom is -0.381 e. The molecule has 0 radical (unpaired) electrons. The average Bonchev–Trinajstić information content (AvgIpc) is 3.40. The molecule has 0 saturated carbocycles. The van der Waals surface area contributed by atoms with E-state index in [1.807, 2.05) is 35.2 Å². The van der Waals surface area contributed by atoms with Crippen molar-refractivity contribution in [2.75, 3.05) is 37.8 Å². The highest BCUT2D eigenvalue weighted by Gasteiger charge is 2.45. The maximum Gasteiger partial charge on any atom is 0.226 e. The highest BCUT2D eigenvalue weighted by Crippen LogP contribution is 2.34. The number of hydrogen-bond acceptors (Lipinski definition) is 4. The van der Waals surface area contributed by atoms with Gasteiger partial charge in [0.1, 0.15) is 10.9 Å². The third kappa shape index (κ3) is 4.68. The lowest BCUT2D eigenvalue weighted by Crippen LogP contribution is -2.35. The van der Waals surface area contributed by atoms with Crippen molar-refractivity contribution in [3.63, 3.8) is 0 Å². The summed E-state index contributed by atoms with van der Waals surface area (Å²) < 4.78 is 5.46. The van der Waals surface area contributed by atoms with Gasteiger partial charge in [-0.1, -0.05) is 30.3 Å². The fourth-order valence-corrected chi connectivity index (χ4v) is 7.20. The maximum atomic E-state index is 13.5. The number of carbonyl (C=O) groups excluding carboxylic acids is 2. The first kappa shape index (κ1) is 21.3. The molecule has 0 N–H and O–H groups in total. The molecule has 3 saturated heterocycles. The molecule has 3 fully saturated rings. The number of carbonyl (C=O) groups is 2. The number of amides is 1. The van der Waals surface area contributed by atoms with Gasteiger partial charge in [-0.3, -0.25) is 9.59 Å². The molecule has 1 aromatic carbocycles. The molecule has 6 heteroatoms. The van der Waals surface area contributed by atoms with E-state index in [1.54, 1.807) is 0 Å². The van der Waals surface area contributed by atoms with Crippen LogP contribution in [0.2, 0.25) is 0 Å². The summed E-state index contributed by atoms with van der Waals surface area (Å²) in [5, 5.41) is 9.77. The topological polar surface area (TPSA) is 70.4 Å². The van der Waals surface area contributed by atoms with Crippen LogP contribution in [0.25, 0.3) is 0 Å². The Hall–Kier alpha value is -1.97. The summed E-state index contributed by atoms with van der Waals surface area (Å²) in [7, 11) is -0.222. The molecule has 3 aliphatic rings. The summed E-state index contributed by atoms with van der Waals surface area (Å²) in [6.45, 7) is 2.65. The highest BCUT2D eigenvalue weighted by atomic mass is 32.2. The van der Waals surface area contributed by atoms with Gasteiger partial charge >= 0.3 is 0 Å². The van der Waals surface area contributed by atoms with Crippen LogP contribution in [0.15, 0.2) is 30.3 Å². The smallest absolute Gasteiger partial charge is 0.226 e. The molecule has 3 aliphatic heterocycles. The molecule has 1 aromatic rings. The SMILES string of the molecule is N#CC(C(=O)[C@H]1CN(CC2CCOCC2)C(=O)[C@@H]1Cc1ccccc1)=S1CCCC1. The van der Waals surface area contributed by atoms with E-state index >= 15 is 0 Å². The quantitative estimate of drug-likeness (QED) is 0.656. The number of hydrogen-bond donors (Lipinski definition) is 0.